The Labute approximate surface area is 174 Å². The fourth-order valence-corrected chi connectivity index (χ4v) is 5.12. The molecule has 1 fully saturated rings. The van der Waals surface area contributed by atoms with E-state index < -0.39 is 9.84 Å². The van der Waals surface area contributed by atoms with E-state index in [1.54, 1.807) is 33.3 Å². The molecular weight excluding hydrogens is 422 g/mol. The molecule has 1 N–H and O–H groups in total. The van der Waals surface area contributed by atoms with Gasteiger partial charge in [0.05, 0.1) is 24.7 Å². The highest BCUT2D eigenvalue weighted by Gasteiger charge is 2.29. The lowest BCUT2D eigenvalue weighted by molar-refractivity contribution is -0.122. The minimum atomic E-state index is -3.02. The Kier molecular flexibility index (Phi) is 6.23. The van der Waals surface area contributed by atoms with Crippen LogP contribution in [0.4, 0.5) is 0 Å². The summed E-state index contributed by atoms with van der Waals surface area (Å²) in [5, 5.41) is 7.98. The Morgan fingerprint density at radius 3 is 2.68 bits per heavy atom. The number of likely N-dealkylation sites (N-methyl/N-ethyl adjacent to an activating group) is 1. The molecule has 0 spiro atoms. The van der Waals surface area contributed by atoms with Gasteiger partial charge in [0.15, 0.2) is 20.4 Å². The first-order chi connectivity index (χ1) is 13.1. The Balaban J connectivity index is 1.63. The second-order valence-corrected chi connectivity index (χ2v) is 10.0. The number of sulfone groups is 1. The van der Waals surface area contributed by atoms with Gasteiger partial charge in [-0.15, -0.1) is 0 Å². The highest BCUT2D eigenvalue weighted by molar-refractivity contribution is 7.91. The van der Waals surface area contributed by atoms with Gasteiger partial charge in [-0.25, -0.2) is 13.1 Å². The topological polar surface area (TPSA) is 89.2 Å². The number of carbonyl (C=O) groups is 1. The summed E-state index contributed by atoms with van der Waals surface area (Å²) in [5.74, 6) is 0.628. The van der Waals surface area contributed by atoms with E-state index in [2.05, 4.69) is 10.4 Å². The van der Waals surface area contributed by atoms with Crippen molar-refractivity contribution >= 4 is 39.6 Å². The first-order valence-electron chi connectivity index (χ1n) is 8.73. The first-order valence-corrected chi connectivity index (χ1v) is 11.3. The molecule has 0 radical (unpaired) electrons. The van der Waals surface area contributed by atoms with Crippen molar-refractivity contribution in [3.05, 3.63) is 34.1 Å². The molecule has 3 rings (SSSR count). The van der Waals surface area contributed by atoms with Gasteiger partial charge < -0.3 is 9.88 Å². The summed E-state index contributed by atoms with van der Waals surface area (Å²) in [7, 11) is 0.595. The Hall–Kier alpha value is -1.75. The van der Waals surface area contributed by atoms with E-state index in [1.165, 1.54) is 0 Å². The highest BCUT2D eigenvalue weighted by Crippen LogP contribution is 2.20. The second kappa shape index (κ2) is 8.32. The number of rotatable bonds is 6. The third-order valence-corrected chi connectivity index (χ3v) is 7.03. The van der Waals surface area contributed by atoms with Crippen LogP contribution in [-0.2, 0) is 28.3 Å². The minimum absolute atomic E-state index is 0.0121. The summed E-state index contributed by atoms with van der Waals surface area (Å²) in [4.78, 5) is 14.0. The molecule has 11 heteroatoms. The molecule has 1 atom stereocenters. The lowest BCUT2D eigenvalue weighted by atomic mass is 10.2. The third-order valence-electron chi connectivity index (χ3n) is 4.53. The molecule has 1 amide bonds. The van der Waals surface area contributed by atoms with Crippen molar-refractivity contribution in [2.24, 2.45) is 7.05 Å². The number of hydrogen-bond donors (Lipinski definition) is 1. The van der Waals surface area contributed by atoms with Gasteiger partial charge in [-0.05, 0) is 50.0 Å². The van der Waals surface area contributed by atoms with Crippen LogP contribution in [0.5, 0.6) is 0 Å². The van der Waals surface area contributed by atoms with E-state index in [0.29, 0.717) is 28.7 Å². The number of carbonyl (C=O) groups excluding carboxylic acids is 1. The predicted octanol–water partition coefficient (Wildman–Crippen LogP) is 1.46. The molecule has 2 aromatic rings. The van der Waals surface area contributed by atoms with Crippen LogP contribution in [0, 0.1) is 4.77 Å². The maximum atomic E-state index is 12.2. The number of amides is 1. The van der Waals surface area contributed by atoms with Crippen LogP contribution in [0.1, 0.15) is 6.42 Å². The number of benzene rings is 1. The summed E-state index contributed by atoms with van der Waals surface area (Å²) in [6.45, 7) is 0.446. The van der Waals surface area contributed by atoms with Crippen LogP contribution in [0.2, 0.25) is 5.02 Å². The molecule has 1 aromatic carbocycles. The van der Waals surface area contributed by atoms with Crippen molar-refractivity contribution in [3.8, 4) is 11.4 Å². The van der Waals surface area contributed by atoms with E-state index in [9.17, 15) is 13.2 Å². The summed E-state index contributed by atoms with van der Waals surface area (Å²) in [6, 6.07) is 7.02. The lowest BCUT2D eigenvalue weighted by Gasteiger charge is -2.17. The number of nitrogens with zero attached hydrogens (tertiary/aromatic N) is 4. The van der Waals surface area contributed by atoms with Gasteiger partial charge in [0.1, 0.15) is 0 Å². The van der Waals surface area contributed by atoms with Crippen LogP contribution in [-0.4, -0.2) is 64.7 Å². The first kappa shape index (κ1) is 21.0. The van der Waals surface area contributed by atoms with Crippen LogP contribution >= 0.6 is 23.8 Å². The standard InChI is InChI=1S/C17H22ClN5O3S2/c1-21(9-15(24)19-14-7-8-28(25,26)10-14)11-23-17(27)22(2)16(20-23)12-3-5-13(18)6-4-12/h3-6,14H,7-11H2,1-2H3,(H,19,24). The van der Waals surface area contributed by atoms with E-state index >= 15 is 0 Å². The number of aromatic nitrogens is 3. The molecular formula is C17H22ClN5O3S2. The molecule has 8 nitrogen and oxygen atoms in total. The molecule has 1 aromatic heterocycles. The van der Waals surface area contributed by atoms with Gasteiger partial charge in [-0.1, -0.05) is 11.6 Å². The maximum Gasteiger partial charge on any atom is 0.234 e. The molecule has 28 heavy (non-hydrogen) atoms. The monoisotopic (exact) mass is 443 g/mol. The van der Waals surface area contributed by atoms with Crippen molar-refractivity contribution in [3.63, 3.8) is 0 Å². The molecule has 0 bridgehead atoms. The van der Waals surface area contributed by atoms with Crippen molar-refractivity contribution in [1.29, 1.82) is 0 Å². The maximum absolute atomic E-state index is 12.2. The minimum Gasteiger partial charge on any atom is -0.351 e. The van der Waals surface area contributed by atoms with Gasteiger partial charge in [0.25, 0.3) is 0 Å². The van der Waals surface area contributed by atoms with Crippen molar-refractivity contribution in [2.75, 3.05) is 25.1 Å². The molecule has 1 aliphatic heterocycles. The molecule has 1 aliphatic rings. The van der Waals surface area contributed by atoms with Crippen LogP contribution in [0.15, 0.2) is 24.3 Å². The van der Waals surface area contributed by atoms with Crippen LogP contribution < -0.4 is 5.32 Å². The summed E-state index contributed by atoms with van der Waals surface area (Å²) in [6.07, 6.45) is 0.466. The fourth-order valence-electron chi connectivity index (χ4n) is 3.14. The Morgan fingerprint density at radius 2 is 2.07 bits per heavy atom. The normalized spacial score (nSPS) is 18.5. The van der Waals surface area contributed by atoms with Crippen molar-refractivity contribution in [1.82, 2.24) is 24.6 Å². The molecule has 0 saturated carbocycles. The highest BCUT2D eigenvalue weighted by atomic mass is 35.5. The van der Waals surface area contributed by atoms with Gasteiger partial charge in [-0.2, -0.15) is 5.10 Å². The van der Waals surface area contributed by atoms with E-state index in [0.717, 1.165) is 5.56 Å². The molecule has 152 valence electrons. The molecule has 1 saturated heterocycles. The number of hydrogen-bond acceptors (Lipinski definition) is 6. The van der Waals surface area contributed by atoms with Gasteiger partial charge in [-0.3, -0.25) is 9.69 Å². The summed E-state index contributed by atoms with van der Waals surface area (Å²) >= 11 is 11.4. The summed E-state index contributed by atoms with van der Waals surface area (Å²) in [5.41, 5.74) is 0.889. The van der Waals surface area contributed by atoms with E-state index in [-0.39, 0.29) is 30.0 Å². The largest absolute Gasteiger partial charge is 0.351 e. The SMILES string of the molecule is CN(CC(=O)NC1CCS(=O)(=O)C1)Cn1nc(-c2ccc(Cl)cc2)n(C)c1=S. The van der Waals surface area contributed by atoms with Crippen molar-refractivity contribution in [2.45, 2.75) is 19.1 Å². The summed E-state index contributed by atoms with van der Waals surface area (Å²) < 4.78 is 27.0. The van der Waals surface area contributed by atoms with Crippen LogP contribution in [0.3, 0.4) is 0 Å². The zero-order valence-corrected chi connectivity index (χ0v) is 18.0. The van der Waals surface area contributed by atoms with Gasteiger partial charge >= 0.3 is 0 Å². The average Bonchev–Trinajstić information content (AvgIpc) is 3.09. The van der Waals surface area contributed by atoms with Crippen molar-refractivity contribution < 1.29 is 13.2 Å². The van der Waals surface area contributed by atoms with Gasteiger partial charge in [0.2, 0.25) is 5.91 Å². The molecule has 1 unspecified atom stereocenters. The zero-order chi connectivity index (χ0) is 20.5. The smallest absolute Gasteiger partial charge is 0.234 e. The van der Waals surface area contributed by atoms with E-state index in [4.69, 9.17) is 23.8 Å². The second-order valence-electron chi connectivity index (χ2n) is 6.99. The number of halogens is 1. The fraction of sp³-hybridized carbons (Fsp3) is 0.471. The Bertz CT molecular complexity index is 1030. The quantitative estimate of drug-likeness (QED) is 0.680. The molecule has 0 aliphatic carbocycles. The van der Waals surface area contributed by atoms with E-state index in [1.807, 2.05) is 19.2 Å². The molecule has 2 heterocycles. The number of nitrogens with one attached hydrogen (secondary N) is 1. The lowest BCUT2D eigenvalue weighted by Crippen LogP contribution is -2.42. The zero-order valence-electron chi connectivity index (χ0n) is 15.6. The van der Waals surface area contributed by atoms with Crippen LogP contribution in [0.25, 0.3) is 11.4 Å². The predicted molar refractivity (Wildman–Crippen MR) is 110 cm³/mol. The third kappa shape index (κ3) is 4.99. The Morgan fingerprint density at radius 1 is 1.39 bits per heavy atom. The average molecular weight is 444 g/mol. The van der Waals surface area contributed by atoms with Gasteiger partial charge in [0, 0.05) is 23.7 Å².